The first-order chi connectivity index (χ1) is 12.6. The van der Waals surface area contributed by atoms with Crippen molar-refractivity contribution in [3.63, 3.8) is 0 Å². The van der Waals surface area contributed by atoms with Gasteiger partial charge >= 0.3 is 0 Å². The van der Waals surface area contributed by atoms with E-state index in [0.29, 0.717) is 11.3 Å². The Balaban J connectivity index is 1.71. The Morgan fingerprint density at radius 2 is 1.73 bits per heavy atom. The van der Waals surface area contributed by atoms with Gasteiger partial charge in [-0.25, -0.2) is 0 Å². The first-order valence-corrected chi connectivity index (χ1v) is 9.03. The van der Waals surface area contributed by atoms with Crippen molar-refractivity contribution < 1.29 is 4.79 Å². The molecule has 3 aromatic rings. The van der Waals surface area contributed by atoms with Crippen molar-refractivity contribution in [3.05, 3.63) is 88.7 Å². The minimum Gasteiger partial charge on any atom is -0.317 e. The average Bonchev–Trinajstić information content (AvgIpc) is 3.22. The van der Waals surface area contributed by atoms with Crippen molar-refractivity contribution in [3.8, 4) is 5.69 Å². The minimum atomic E-state index is -0.115. The maximum atomic E-state index is 12.9. The van der Waals surface area contributed by atoms with E-state index in [0.717, 1.165) is 21.5 Å². The summed E-state index contributed by atoms with van der Waals surface area (Å²) in [6, 6.07) is 21.5. The number of hydrogen-bond donors (Lipinski definition) is 0. The first kappa shape index (κ1) is 16.5. The summed E-state index contributed by atoms with van der Waals surface area (Å²) >= 11 is 3.50. The van der Waals surface area contributed by atoms with E-state index in [1.54, 1.807) is 0 Å². The number of para-hydroxylation sites is 1. The van der Waals surface area contributed by atoms with Gasteiger partial charge < -0.3 is 4.57 Å². The molecule has 0 unspecified atom stereocenters. The zero-order valence-corrected chi connectivity index (χ0v) is 15.7. The zero-order valence-electron chi connectivity index (χ0n) is 14.1. The molecule has 0 N–H and O–H groups in total. The highest BCUT2D eigenvalue weighted by molar-refractivity contribution is 9.10. The molecule has 0 aliphatic carbocycles. The number of hydrogen-bond acceptors (Lipinski definition) is 2. The van der Waals surface area contributed by atoms with Crippen molar-refractivity contribution in [2.75, 3.05) is 5.01 Å². The lowest BCUT2D eigenvalue weighted by Gasteiger charge is -2.11. The van der Waals surface area contributed by atoms with Crippen molar-refractivity contribution in [2.24, 2.45) is 5.10 Å². The zero-order chi connectivity index (χ0) is 18.1. The minimum absolute atomic E-state index is 0.115. The van der Waals surface area contributed by atoms with E-state index in [1.807, 2.05) is 90.5 Å². The van der Waals surface area contributed by atoms with E-state index in [2.05, 4.69) is 21.0 Å². The average molecular weight is 406 g/mol. The van der Waals surface area contributed by atoms with Gasteiger partial charge in [-0.2, -0.15) is 10.1 Å². The van der Waals surface area contributed by atoms with E-state index in [4.69, 9.17) is 0 Å². The number of hydrazone groups is 1. The van der Waals surface area contributed by atoms with Crippen LogP contribution in [-0.2, 0) is 4.79 Å². The summed E-state index contributed by atoms with van der Waals surface area (Å²) in [5, 5.41) is 5.89. The summed E-state index contributed by atoms with van der Waals surface area (Å²) < 4.78 is 3.05. The summed E-state index contributed by atoms with van der Waals surface area (Å²) in [5.74, 6) is -0.115. The third kappa shape index (κ3) is 3.02. The summed E-state index contributed by atoms with van der Waals surface area (Å²) in [6.07, 6.45) is 3.88. The summed E-state index contributed by atoms with van der Waals surface area (Å²) in [5.41, 5.74) is 4.03. The number of nitrogens with zero attached hydrogens (tertiary/aromatic N) is 3. The normalized spacial score (nSPS) is 15.6. The Hall–Kier alpha value is -2.92. The molecule has 4 nitrogen and oxygen atoms in total. The van der Waals surface area contributed by atoms with Crippen LogP contribution in [0.3, 0.4) is 0 Å². The molecule has 0 saturated heterocycles. The lowest BCUT2D eigenvalue weighted by Crippen LogP contribution is -2.21. The fraction of sp³-hybridized carbons (Fsp3) is 0.0476. The highest BCUT2D eigenvalue weighted by atomic mass is 79.9. The molecule has 1 aliphatic rings. The van der Waals surface area contributed by atoms with Gasteiger partial charge in [0.05, 0.1) is 17.0 Å². The van der Waals surface area contributed by atoms with E-state index in [1.165, 1.54) is 5.01 Å². The van der Waals surface area contributed by atoms with Crippen LogP contribution in [0, 0.1) is 0 Å². The molecule has 4 rings (SSSR count). The Bertz CT molecular complexity index is 1030. The van der Waals surface area contributed by atoms with Crippen LogP contribution in [0.5, 0.6) is 0 Å². The second-order valence-electron chi connectivity index (χ2n) is 5.98. The number of aromatic nitrogens is 1. The van der Waals surface area contributed by atoms with E-state index < -0.39 is 0 Å². The van der Waals surface area contributed by atoms with Gasteiger partial charge in [0.25, 0.3) is 5.91 Å². The molecule has 0 saturated carbocycles. The molecule has 2 aromatic carbocycles. The molecule has 0 spiro atoms. The molecular weight excluding hydrogens is 390 g/mol. The predicted octanol–water partition coefficient (Wildman–Crippen LogP) is 5.05. The predicted molar refractivity (Wildman–Crippen MR) is 108 cm³/mol. The highest BCUT2D eigenvalue weighted by Crippen LogP contribution is 2.26. The third-order valence-corrected chi connectivity index (χ3v) is 4.72. The van der Waals surface area contributed by atoms with Gasteiger partial charge in [-0.15, -0.1) is 0 Å². The number of carbonyl (C=O) groups is 1. The fourth-order valence-corrected chi connectivity index (χ4v) is 3.34. The topological polar surface area (TPSA) is 37.6 Å². The second kappa shape index (κ2) is 6.77. The molecule has 2 heterocycles. The standard InChI is InChI=1S/C21H16BrN3O/c1-15-20(21(26)25(23-15)17-8-3-2-4-9-17)14-19-11-6-12-24(19)18-10-5-7-16(22)13-18/h2-14H,1H3/b20-14+. The molecule has 0 radical (unpaired) electrons. The molecule has 0 atom stereocenters. The summed E-state index contributed by atoms with van der Waals surface area (Å²) in [7, 11) is 0. The SMILES string of the molecule is CC1=NN(c2ccccc2)C(=O)/C1=C/c1cccn1-c1cccc(Br)c1. The van der Waals surface area contributed by atoms with Crippen molar-refractivity contribution in [1.82, 2.24) is 4.57 Å². The highest BCUT2D eigenvalue weighted by Gasteiger charge is 2.28. The molecule has 1 amide bonds. The lowest BCUT2D eigenvalue weighted by atomic mass is 10.1. The summed E-state index contributed by atoms with van der Waals surface area (Å²) in [6.45, 7) is 1.86. The van der Waals surface area contributed by atoms with Gasteiger partial charge in [-0.05, 0) is 55.5 Å². The largest absolute Gasteiger partial charge is 0.317 e. The van der Waals surface area contributed by atoms with Crippen LogP contribution in [-0.4, -0.2) is 16.2 Å². The van der Waals surface area contributed by atoms with Gasteiger partial charge in [-0.1, -0.05) is 40.2 Å². The number of halogens is 1. The quantitative estimate of drug-likeness (QED) is 0.562. The Labute approximate surface area is 160 Å². The van der Waals surface area contributed by atoms with Crippen LogP contribution < -0.4 is 5.01 Å². The van der Waals surface area contributed by atoms with Crippen molar-refractivity contribution in [2.45, 2.75) is 6.92 Å². The second-order valence-corrected chi connectivity index (χ2v) is 6.89. The van der Waals surface area contributed by atoms with Gasteiger partial charge in [0.2, 0.25) is 0 Å². The summed E-state index contributed by atoms with van der Waals surface area (Å²) in [4.78, 5) is 12.9. The van der Waals surface area contributed by atoms with Gasteiger partial charge in [0, 0.05) is 22.1 Å². The molecule has 0 fully saturated rings. The Morgan fingerprint density at radius 3 is 2.50 bits per heavy atom. The molecule has 0 bridgehead atoms. The molecular formula is C21H16BrN3O. The Morgan fingerprint density at radius 1 is 0.962 bits per heavy atom. The van der Waals surface area contributed by atoms with Crippen LogP contribution >= 0.6 is 15.9 Å². The maximum Gasteiger partial charge on any atom is 0.280 e. The Kier molecular flexibility index (Phi) is 4.31. The maximum absolute atomic E-state index is 12.9. The van der Waals surface area contributed by atoms with Gasteiger partial charge in [0.15, 0.2) is 0 Å². The number of carbonyl (C=O) groups excluding carboxylic acids is 1. The van der Waals surface area contributed by atoms with E-state index in [-0.39, 0.29) is 5.91 Å². The third-order valence-electron chi connectivity index (χ3n) is 4.22. The van der Waals surface area contributed by atoms with Crippen LogP contribution in [0.1, 0.15) is 12.6 Å². The molecule has 26 heavy (non-hydrogen) atoms. The molecule has 5 heteroatoms. The smallest absolute Gasteiger partial charge is 0.280 e. The van der Waals surface area contributed by atoms with E-state index >= 15 is 0 Å². The monoisotopic (exact) mass is 405 g/mol. The van der Waals surface area contributed by atoms with Crippen LogP contribution in [0.2, 0.25) is 0 Å². The van der Waals surface area contributed by atoms with Crippen LogP contribution in [0.25, 0.3) is 11.8 Å². The van der Waals surface area contributed by atoms with Crippen LogP contribution in [0.15, 0.2) is 88.1 Å². The fourth-order valence-electron chi connectivity index (χ4n) is 2.95. The number of benzene rings is 2. The van der Waals surface area contributed by atoms with Crippen LogP contribution in [0.4, 0.5) is 5.69 Å². The molecule has 1 aliphatic heterocycles. The number of rotatable bonds is 3. The van der Waals surface area contributed by atoms with E-state index in [9.17, 15) is 4.79 Å². The van der Waals surface area contributed by atoms with Gasteiger partial charge in [-0.3, -0.25) is 4.79 Å². The van der Waals surface area contributed by atoms with Gasteiger partial charge in [0.1, 0.15) is 0 Å². The van der Waals surface area contributed by atoms with Crippen molar-refractivity contribution in [1.29, 1.82) is 0 Å². The molecule has 128 valence electrons. The number of amides is 1. The lowest BCUT2D eigenvalue weighted by molar-refractivity contribution is -0.114. The first-order valence-electron chi connectivity index (χ1n) is 8.23. The molecule has 1 aromatic heterocycles. The number of anilines is 1. The van der Waals surface area contributed by atoms with Crippen molar-refractivity contribution >= 4 is 39.3 Å².